The minimum Gasteiger partial charge on any atom is -0.469 e. The van der Waals surface area contributed by atoms with Crippen molar-refractivity contribution < 1.29 is 19.1 Å². The number of esters is 1. The minimum absolute atomic E-state index is 0.0322. The SMILES string of the molecule is COC(=O)C1C2CC3CC1CC(COC=O)(C3)C2. The maximum Gasteiger partial charge on any atom is 0.309 e. The topological polar surface area (TPSA) is 52.6 Å². The summed E-state index contributed by atoms with van der Waals surface area (Å²) in [5, 5.41) is 0. The molecule has 0 saturated heterocycles. The molecule has 0 spiro atoms. The Kier molecular flexibility index (Phi) is 2.83. The molecule has 4 heteroatoms. The van der Waals surface area contributed by atoms with Crippen LogP contribution < -0.4 is 0 Å². The lowest BCUT2D eigenvalue weighted by Crippen LogP contribution is -2.54. The third-order valence-electron chi connectivity index (χ3n) is 5.33. The van der Waals surface area contributed by atoms with Gasteiger partial charge in [0.2, 0.25) is 0 Å². The Hall–Kier alpha value is -1.06. The number of methoxy groups -OCH3 is 1. The molecule has 0 N–H and O–H groups in total. The van der Waals surface area contributed by atoms with Gasteiger partial charge in [0.05, 0.1) is 19.6 Å². The molecular weight excluding hydrogens is 232 g/mol. The lowest BCUT2D eigenvalue weighted by atomic mass is 9.46. The highest BCUT2D eigenvalue weighted by atomic mass is 16.5. The number of carbonyl (C=O) groups excluding carboxylic acids is 2. The fourth-order valence-corrected chi connectivity index (χ4v) is 5.10. The van der Waals surface area contributed by atoms with E-state index in [2.05, 4.69) is 0 Å². The Bertz CT molecular complexity index is 349. The van der Waals surface area contributed by atoms with Crippen molar-refractivity contribution in [1.29, 1.82) is 0 Å². The Morgan fingerprint density at radius 2 is 1.94 bits per heavy atom. The van der Waals surface area contributed by atoms with Crippen LogP contribution in [0.1, 0.15) is 32.1 Å². The Labute approximate surface area is 107 Å². The molecule has 2 unspecified atom stereocenters. The molecule has 4 saturated carbocycles. The maximum absolute atomic E-state index is 11.9. The summed E-state index contributed by atoms with van der Waals surface area (Å²) in [5.41, 5.74) is 0.155. The predicted molar refractivity (Wildman–Crippen MR) is 63.5 cm³/mol. The van der Waals surface area contributed by atoms with E-state index in [0.717, 1.165) is 31.6 Å². The number of carbonyl (C=O) groups is 2. The third kappa shape index (κ3) is 1.73. The number of rotatable bonds is 4. The van der Waals surface area contributed by atoms with Crippen LogP contribution in [-0.2, 0) is 19.1 Å². The van der Waals surface area contributed by atoms with E-state index in [1.807, 2.05) is 0 Å². The highest BCUT2D eigenvalue weighted by molar-refractivity contribution is 5.73. The summed E-state index contributed by atoms with van der Waals surface area (Å²) in [6.07, 6.45) is 5.52. The van der Waals surface area contributed by atoms with Crippen LogP contribution in [0.2, 0.25) is 0 Å². The van der Waals surface area contributed by atoms with Crippen molar-refractivity contribution in [3.05, 3.63) is 0 Å². The standard InChI is InChI=1S/C14H20O4/c1-17-13(16)12-10-2-9-3-11(12)6-14(4-9,5-10)7-18-8-15/h8-12H,2-7H2,1H3. The zero-order valence-electron chi connectivity index (χ0n) is 10.8. The summed E-state index contributed by atoms with van der Waals surface area (Å²) in [6, 6.07) is 0. The molecule has 4 aliphatic rings. The molecule has 4 bridgehead atoms. The fraction of sp³-hybridized carbons (Fsp3) is 0.857. The van der Waals surface area contributed by atoms with E-state index in [1.54, 1.807) is 0 Å². The van der Waals surface area contributed by atoms with Gasteiger partial charge in [-0.2, -0.15) is 0 Å². The molecule has 4 fully saturated rings. The maximum atomic E-state index is 11.9. The summed E-state index contributed by atoms with van der Waals surface area (Å²) in [7, 11) is 1.48. The van der Waals surface area contributed by atoms with Crippen molar-refractivity contribution in [2.24, 2.45) is 29.1 Å². The third-order valence-corrected chi connectivity index (χ3v) is 5.33. The van der Waals surface area contributed by atoms with E-state index in [0.29, 0.717) is 24.9 Å². The molecule has 18 heavy (non-hydrogen) atoms. The smallest absolute Gasteiger partial charge is 0.309 e. The van der Waals surface area contributed by atoms with Crippen LogP contribution in [0.15, 0.2) is 0 Å². The molecule has 0 amide bonds. The second kappa shape index (κ2) is 4.25. The average molecular weight is 252 g/mol. The van der Waals surface area contributed by atoms with Gasteiger partial charge in [0.15, 0.2) is 0 Å². The van der Waals surface area contributed by atoms with Crippen molar-refractivity contribution in [3.8, 4) is 0 Å². The van der Waals surface area contributed by atoms with Gasteiger partial charge in [-0.05, 0) is 49.9 Å². The molecule has 4 rings (SSSR count). The van der Waals surface area contributed by atoms with Gasteiger partial charge in [0.25, 0.3) is 6.47 Å². The van der Waals surface area contributed by atoms with E-state index >= 15 is 0 Å². The predicted octanol–water partition coefficient (Wildman–Crippen LogP) is 1.77. The largest absolute Gasteiger partial charge is 0.469 e. The van der Waals surface area contributed by atoms with Gasteiger partial charge in [-0.15, -0.1) is 0 Å². The van der Waals surface area contributed by atoms with Crippen LogP contribution in [0.25, 0.3) is 0 Å². The van der Waals surface area contributed by atoms with Gasteiger partial charge < -0.3 is 9.47 Å². The van der Waals surface area contributed by atoms with Crippen LogP contribution in [0.5, 0.6) is 0 Å². The van der Waals surface area contributed by atoms with Gasteiger partial charge in [-0.1, -0.05) is 0 Å². The molecule has 0 aromatic carbocycles. The van der Waals surface area contributed by atoms with Gasteiger partial charge in [-0.25, -0.2) is 0 Å². The molecule has 4 aliphatic carbocycles. The Morgan fingerprint density at radius 1 is 1.28 bits per heavy atom. The van der Waals surface area contributed by atoms with Gasteiger partial charge in [0, 0.05) is 5.41 Å². The van der Waals surface area contributed by atoms with Crippen molar-refractivity contribution >= 4 is 12.4 Å². The van der Waals surface area contributed by atoms with E-state index < -0.39 is 0 Å². The van der Waals surface area contributed by atoms with Gasteiger partial charge in [0.1, 0.15) is 0 Å². The van der Waals surface area contributed by atoms with E-state index in [1.165, 1.54) is 13.5 Å². The van der Waals surface area contributed by atoms with E-state index in [-0.39, 0.29) is 17.3 Å². The van der Waals surface area contributed by atoms with Crippen molar-refractivity contribution in [2.45, 2.75) is 32.1 Å². The molecule has 2 atom stereocenters. The molecule has 0 aliphatic heterocycles. The monoisotopic (exact) mass is 252 g/mol. The van der Waals surface area contributed by atoms with Crippen molar-refractivity contribution in [1.82, 2.24) is 0 Å². The minimum atomic E-state index is -0.0322. The zero-order valence-corrected chi connectivity index (χ0v) is 10.8. The van der Waals surface area contributed by atoms with Crippen LogP contribution in [0, 0.1) is 29.1 Å². The van der Waals surface area contributed by atoms with Crippen molar-refractivity contribution in [2.75, 3.05) is 13.7 Å². The first kappa shape index (κ1) is 12.0. The zero-order chi connectivity index (χ0) is 12.8. The Morgan fingerprint density at radius 3 is 2.50 bits per heavy atom. The molecule has 0 aromatic heterocycles. The summed E-state index contributed by atoms with van der Waals surface area (Å²) in [6.45, 7) is 1.09. The lowest BCUT2D eigenvalue weighted by Gasteiger charge is -2.58. The summed E-state index contributed by atoms with van der Waals surface area (Å²) < 4.78 is 10.0. The first-order valence-electron chi connectivity index (χ1n) is 6.80. The van der Waals surface area contributed by atoms with Gasteiger partial charge >= 0.3 is 5.97 Å². The quantitative estimate of drug-likeness (QED) is 0.565. The number of ether oxygens (including phenoxy) is 2. The molecular formula is C14H20O4. The van der Waals surface area contributed by atoms with Crippen LogP contribution >= 0.6 is 0 Å². The highest BCUT2D eigenvalue weighted by Gasteiger charge is 2.57. The first-order valence-corrected chi connectivity index (χ1v) is 6.80. The molecule has 0 aromatic rings. The molecule has 0 radical (unpaired) electrons. The molecule has 0 heterocycles. The van der Waals surface area contributed by atoms with E-state index in [4.69, 9.17) is 9.47 Å². The summed E-state index contributed by atoms with van der Waals surface area (Å²) in [5.74, 6) is 1.67. The van der Waals surface area contributed by atoms with Crippen molar-refractivity contribution in [3.63, 3.8) is 0 Å². The fourth-order valence-electron chi connectivity index (χ4n) is 5.10. The Balaban J connectivity index is 1.79. The van der Waals surface area contributed by atoms with Gasteiger partial charge in [-0.3, -0.25) is 9.59 Å². The van der Waals surface area contributed by atoms with Crippen LogP contribution in [0.3, 0.4) is 0 Å². The summed E-state index contributed by atoms with van der Waals surface area (Å²) in [4.78, 5) is 22.3. The van der Waals surface area contributed by atoms with Crippen LogP contribution in [-0.4, -0.2) is 26.2 Å². The average Bonchev–Trinajstić information content (AvgIpc) is 2.35. The van der Waals surface area contributed by atoms with E-state index in [9.17, 15) is 9.59 Å². The number of hydrogen-bond donors (Lipinski definition) is 0. The number of hydrogen-bond acceptors (Lipinski definition) is 4. The van der Waals surface area contributed by atoms with Crippen LogP contribution in [0.4, 0.5) is 0 Å². The summed E-state index contributed by atoms with van der Waals surface area (Å²) >= 11 is 0. The first-order chi connectivity index (χ1) is 8.67. The second-order valence-corrected chi connectivity index (χ2v) is 6.43. The molecule has 100 valence electrons. The second-order valence-electron chi connectivity index (χ2n) is 6.43. The molecule has 4 nitrogen and oxygen atoms in total. The normalized spacial score (nSPS) is 44.7. The highest BCUT2D eigenvalue weighted by Crippen LogP contribution is 2.62. The lowest BCUT2D eigenvalue weighted by molar-refractivity contribution is -0.173.